The predicted molar refractivity (Wildman–Crippen MR) is 126 cm³/mol. The summed E-state index contributed by atoms with van der Waals surface area (Å²) in [6.45, 7) is 4.04. The molecule has 0 aliphatic heterocycles. The number of aryl methyl sites for hydroxylation is 1. The van der Waals surface area contributed by atoms with Gasteiger partial charge in [0.1, 0.15) is 5.82 Å². The lowest BCUT2D eigenvalue weighted by molar-refractivity contribution is 0.0937. The van der Waals surface area contributed by atoms with Crippen LogP contribution in [0.2, 0.25) is 0 Å². The number of fused-ring (bicyclic) bond motifs is 2. The van der Waals surface area contributed by atoms with Crippen LogP contribution >= 0.6 is 0 Å². The number of nitrogens with zero attached hydrogens (tertiary/aromatic N) is 1. The maximum Gasteiger partial charge on any atom is 0.258 e. The topological polar surface area (TPSA) is 69.6 Å². The minimum Gasteiger partial charge on any atom is -0.493 e. The van der Waals surface area contributed by atoms with E-state index in [0.29, 0.717) is 40.7 Å². The fourth-order valence-corrected chi connectivity index (χ4v) is 4.79. The van der Waals surface area contributed by atoms with Crippen LogP contribution in [0.4, 0.5) is 4.39 Å². The number of rotatable bonds is 7. The molecule has 4 rings (SSSR count). The highest BCUT2D eigenvalue weighted by Crippen LogP contribution is 2.35. The van der Waals surface area contributed by atoms with E-state index in [9.17, 15) is 14.0 Å². The number of carbonyl (C=O) groups excluding carboxylic acids is 1. The second kappa shape index (κ2) is 9.25. The molecule has 0 bridgehead atoms. The van der Waals surface area contributed by atoms with Gasteiger partial charge in [-0.2, -0.15) is 0 Å². The zero-order chi connectivity index (χ0) is 23.7. The molecule has 2 aromatic carbocycles. The summed E-state index contributed by atoms with van der Waals surface area (Å²) in [5, 5.41) is 4.01. The number of hydrogen-bond acceptors (Lipinski definition) is 4. The molecular weight excluding hydrogens is 423 g/mol. The number of amides is 1. The third-order valence-corrected chi connectivity index (χ3v) is 6.62. The van der Waals surface area contributed by atoms with E-state index in [1.165, 1.54) is 26.4 Å². The van der Waals surface area contributed by atoms with Crippen LogP contribution in [0.15, 0.2) is 41.3 Å². The summed E-state index contributed by atoms with van der Waals surface area (Å²) in [4.78, 5) is 26.9. The second-order valence-corrected chi connectivity index (χ2v) is 8.39. The number of ether oxygens (including phenoxy) is 2. The van der Waals surface area contributed by atoms with Crippen LogP contribution in [-0.2, 0) is 6.42 Å². The average molecular weight is 453 g/mol. The van der Waals surface area contributed by atoms with Gasteiger partial charge in [0.05, 0.1) is 31.2 Å². The van der Waals surface area contributed by atoms with Gasteiger partial charge in [-0.25, -0.2) is 4.39 Å². The summed E-state index contributed by atoms with van der Waals surface area (Å²) in [6, 6.07) is 7.76. The van der Waals surface area contributed by atoms with Crippen LogP contribution in [0.3, 0.4) is 0 Å². The van der Waals surface area contributed by atoms with Crippen LogP contribution in [-0.4, -0.2) is 24.7 Å². The van der Waals surface area contributed by atoms with Gasteiger partial charge in [0.15, 0.2) is 11.5 Å². The van der Waals surface area contributed by atoms with Crippen LogP contribution in [0, 0.1) is 5.82 Å². The highest BCUT2D eigenvalue weighted by atomic mass is 19.1. The first-order valence-corrected chi connectivity index (χ1v) is 11.3. The van der Waals surface area contributed by atoms with Crippen molar-refractivity contribution in [1.82, 2.24) is 9.88 Å². The molecule has 1 heterocycles. The SMILES string of the molecule is CCC(CC)n1cc(C(=O)NC2CCc3cc(F)ccc32)c2cc(OC)c(OC)cc2c1=O. The Kier molecular flexibility index (Phi) is 6.40. The van der Waals surface area contributed by atoms with Gasteiger partial charge in [-0.3, -0.25) is 9.59 Å². The first kappa shape index (κ1) is 22.8. The summed E-state index contributed by atoms with van der Waals surface area (Å²) in [5.74, 6) is 0.321. The molecular formula is C26H29FN2O4. The zero-order valence-corrected chi connectivity index (χ0v) is 19.4. The Morgan fingerprint density at radius 3 is 2.42 bits per heavy atom. The molecule has 0 spiro atoms. The van der Waals surface area contributed by atoms with E-state index in [0.717, 1.165) is 24.0 Å². The van der Waals surface area contributed by atoms with Gasteiger partial charge in [0, 0.05) is 17.6 Å². The van der Waals surface area contributed by atoms with E-state index in [1.54, 1.807) is 29.0 Å². The molecule has 6 nitrogen and oxygen atoms in total. The fraction of sp³-hybridized carbons (Fsp3) is 0.385. The molecule has 174 valence electrons. The molecule has 1 N–H and O–H groups in total. The molecule has 0 saturated carbocycles. The van der Waals surface area contributed by atoms with E-state index in [4.69, 9.17) is 9.47 Å². The smallest absolute Gasteiger partial charge is 0.258 e. The van der Waals surface area contributed by atoms with Gasteiger partial charge in [-0.1, -0.05) is 19.9 Å². The number of carbonyl (C=O) groups is 1. The zero-order valence-electron chi connectivity index (χ0n) is 19.4. The normalized spacial score (nSPS) is 15.0. The Bertz CT molecular complexity index is 1260. The van der Waals surface area contributed by atoms with Crippen molar-refractivity contribution in [2.75, 3.05) is 14.2 Å². The van der Waals surface area contributed by atoms with E-state index in [2.05, 4.69) is 5.32 Å². The number of nitrogens with one attached hydrogen (secondary N) is 1. The molecule has 0 radical (unpaired) electrons. The molecule has 3 aromatic rings. The summed E-state index contributed by atoms with van der Waals surface area (Å²) in [7, 11) is 3.03. The van der Waals surface area contributed by atoms with Crippen LogP contribution in [0.5, 0.6) is 11.5 Å². The number of halogens is 1. The Hall–Kier alpha value is -3.35. The van der Waals surface area contributed by atoms with Gasteiger partial charge in [0.2, 0.25) is 0 Å². The monoisotopic (exact) mass is 452 g/mol. The standard InChI is InChI=1S/C26H29FN2O4/c1-5-17(6-2)29-14-21(19-12-23(32-3)24(33-4)13-20(19)26(29)31)25(30)28-22-10-7-15-11-16(27)8-9-18(15)22/h8-9,11-14,17,22H,5-7,10H2,1-4H3,(H,28,30). The van der Waals surface area contributed by atoms with Crippen LogP contribution in [0.1, 0.15) is 66.7 Å². The molecule has 1 atom stereocenters. The van der Waals surface area contributed by atoms with E-state index in [1.807, 2.05) is 13.8 Å². The maximum atomic E-state index is 13.6. The van der Waals surface area contributed by atoms with Gasteiger partial charge in [-0.05, 0) is 61.1 Å². The summed E-state index contributed by atoms with van der Waals surface area (Å²) in [6.07, 6.45) is 4.59. The van der Waals surface area contributed by atoms with E-state index < -0.39 is 0 Å². The molecule has 1 amide bonds. The Morgan fingerprint density at radius 1 is 1.12 bits per heavy atom. The molecule has 1 aromatic heterocycles. The lowest BCUT2D eigenvalue weighted by Gasteiger charge is -2.21. The van der Waals surface area contributed by atoms with Gasteiger partial charge < -0.3 is 19.4 Å². The van der Waals surface area contributed by atoms with Crippen LogP contribution in [0.25, 0.3) is 10.8 Å². The molecule has 33 heavy (non-hydrogen) atoms. The quantitative estimate of drug-likeness (QED) is 0.552. The largest absolute Gasteiger partial charge is 0.493 e. The molecule has 1 aliphatic rings. The molecule has 0 fully saturated rings. The average Bonchev–Trinajstić information content (AvgIpc) is 3.21. The lowest BCUT2D eigenvalue weighted by atomic mass is 10.0. The number of aromatic nitrogens is 1. The Morgan fingerprint density at radius 2 is 1.79 bits per heavy atom. The predicted octanol–water partition coefficient (Wildman–Crippen LogP) is 4.94. The third-order valence-electron chi connectivity index (χ3n) is 6.62. The first-order valence-electron chi connectivity index (χ1n) is 11.3. The fourth-order valence-electron chi connectivity index (χ4n) is 4.79. The van der Waals surface area contributed by atoms with Crippen molar-refractivity contribution in [3.8, 4) is 11.5 Å². The number of hydrogen-bond donors (Lipinski definition) is 1. The Labute approximate surface area is 192 Å². The van der Waals surface area contributed by atoms with Crippen molar-refractivity contribution in [1.29, 1.82) is 0 Å². The van der Waals surface area contributed by atoms with Gasteiger partial charge in [0.25, 0.3) is 11.5 Å². The number of pyridine rings is 1. The number of benzene rings is 2. The lowest BCUT2D eigenvalue weighted by Crippen LogP contribution is -2.31. The van der Waals surface area contributed by atoms with Gasteiger partial charge in [-0.15, -0.1) is 0 Å². The molecule has 7 heteroatoms. The van der Waals surface area contributed by atoms with Crippen molar-refractivity contribution < 1.29 is 18.7 Å². The molecule has 0 saturated heterocycles. The molecule has 1 aliphatic carbocycles. The third kappa shape index (κ3) is 4.08. The number of methoxy groups -OCH3 is 2. The summed E-state index contributed by atoms with van der Waals surface area (Å²) >= 11 is 0. The Balaban J connectivity index is 1.84. The first-order chi connectivity index (χ1) is 15.9. The van der Waals surface area contributed by atoms with Crippen molar-refractivity contribution in [3.63, 3.8) is 0 Å². The minimum atomic E-state index is -0.283. The van der Waals surface area contributed by atoms with Crippen molar-refractivity contribution >= 4 is 16.7 Å². The maximum absolute atomic E-state index is 13.6. The van der Waals surface area contributed by atoms with E-state index >= 15 is 0 Å². The van der Waals surface area contributed by atoms with Gasteiger partial charge >= 0.3 is 0 Å². The molecule has 1 unspecified atom stereocenters. The summed E-state index contributed by atoms with van der Waals surface area (Å²) in [5.41, 5.74) is 2.08. The van der Waals surface area contributed by atoms with Crippen molar-refractivity contribution in [2.45, 2.75) is 51.6 Å². The second-order valence-electron chi connectivity index (χ2n) is 8.39. The van der Waals surface area contributed by atoms with Crippen LogP contribution < -0.4 is 20.3 Å². The highest BCUT2D eigenvalue weighted by molar-refractivity contribution is 6.07. The summed E-state index contributed by atoms with van der Waals surface area (Å²) < 4.78 is 26.1. The van der Waals surface area contributed by atoms with E-state index in [-0.39, 0.29) is 29.4 Å². The van der Waals surface area contributed by atoms with Crippen molar-refractivity contribution in [3.05, 3.63) is 69.4 Å². The highest BCUT2D eigenvalue weighted by Gasteiger charge is 2.27. The minimum absolute atomic E-state index is 0.0308. The van der Waals surface area contributed by atoms with Crippen molar-refractivity contribution in [2.24, 2.45) is 0 Å².